The minimum Gasteiger partial charge on any atom is -0.351 e. The third-order valence-corrected chi connectivity index (χ3v) is 5.55. The normalized spacial score (nSPS) is 10.9. The van der Waals surface area contributed by atoms with Crippen LogP contribution < -0.4 is 10.9 Å². The molecular weight excluding hydrogens is 366 g/mol. The van der Waals surface area contributed by atoms with Gasteiger partial charge in [0.15, 0.2) is 4.96 Å². The highest BCUT2D eigenvalue weighted by atomic mass is 35.5. The number of aryl methyl sites for hydroxylation is 1. The van der Waals surface area contributed by atoms with Gasteiger partial charge in [0.05, 0.1) is 0 Å². The molecule has 5 nitrogen and oxygen atoms in total. The van der Waals surface area contributed by atoms with E-state index >= 15 is 0 Å². The van der Waals surface area contributed by atoms with Crippen LogP contribution in [-0.2, 0) is 0 Å². The van der Waals surface area contributed by atoms with E-state index in [0.29, 0.717) is 22.3 Å². The third kappa shape index (κ3) is 3.63. The van der Waals surface area contributed by atoms with Crippen LogP contribution in [0.5, 0.6) is 0 Å². The SMILES string of the molecule is Cc1csc2ncc(C(=O)NCCSc3ccc(Cl)cc3)c(=O)n12. The first-order valence-electron chi connectivity index (χ1n) is 7.18. The Kier molecular flexibility index (Phi) is 5.23. The predicted octanol–water partition coefficient (Wildman–Crippen LogP) is 3.24. The Hall–Kier alpha value is -1.83. The van der Waals surface area contributed by atoms with E-state index in [9.17, 15) is 9.59 Å². The summed E-state index contributed by atoms with van der Waals surface area (Å²) in [6.07, 6.45) is 1.34. The van der Waals surface area contributed by atoms with Crippen molar-refractivity contribution in [2.75, 3.05) is 12.3 Å². The molecule has 124 valence electrons. The smallest absolute Gasteiger partial charge is 0.271 e. The van der Waals surface area contributed by atoms with Crippen LogP contribution in [0.3, 0.4) is 0 Å². The Morgan fingerprint density at radius 2 is 2.12 bits per heavy atom. The fourth-order valence-electron chi connectivity index (χ4n) is 2.14. The molecule has 0 aliphatic heterocycles. The lowest BCUT2D eigenvalue weighted by Gasteiger charge is -2.05. The summed E-state index contributed by atoms with van der Waals surface area (Å²) in [6.45, 7) is 2.27. The van der Waals surface area contributed by atoms with Gasteiger partial charge >= 0.3 is 0 Å². The zero-order chi connectivity index (χ0) is 17.1. The molecule has 0 aliphatic rings. The minimum atomic E-state index is -0.399. The first-order valence-corrected chi connectivity index (χ1v) is 9.43. The number of amides is 1. The Balaban J connectivity index is 1.61. The van der Waals surface area contributed by atoms with Gasteiger partial charge in [0, 0.05) is 39.5 Å². The van der Waals surface area contributed by atoms with Crippen molar-refractivity contribution in [1.29, 1.82) is 0 Å². The van der Waals surface area contributed by atoms with Crippen LogP contribution in [-0.4, -0.2) is 27.6 Å². The van der Waals surface area contributed by atoms with Crippen LogP contribution in [0.2, 0.25) is 5.02 Å². The van der Waals surface area contributed by atoms with Crippen LogP contribution >= 0.6 is 34.7 Å². The lowest BCUT2D eigenvalue weighted by molar-refractivity contribution is 0.0954. The number of fused-ring (bicyclic) bond motifs is 1. The number of aromatic nitrogens is 2. The van der Waals surface area contributed by atoms with Crippen molar-refractivity contribution in [3.05, 3.63) is 62.5 Å². The second kappa shape index (κ2) is 7.38. The number of nitrogens with zero attached hydrogens (tertiary/aromatic N) is 2. The molecule has 0 unspecified atom stereocenters. The maximum absolute atomic E-state index is 12.4. The van der Waals surface area contributed by atoms with E-state index in [2.05, 4.69) is 10.3 Å². The van der Waals surface area contributed by atoms with Crippen molar-refractivity contribution in [3.63, 3.8) is 0 Å². The molecule has 2 heterocycles. The van der Waals surface area contributed by atoms with Gasteiger partial charge in [-0.2, -0.15) is 0 Å². The van der Waals surface area contributed by atoms with Gasteiger partial charge in [-0.05, 0) is 31.2 Å². The van der Waals surface area contributed by atoms with Crippen LogP contribution in [0.1, 0.15) is 16.1 Å². The van der Waals surface area contributed by atoms with Gasteiger partial charge in [-0.15, -0.1) is 23.1 Å². The highest BCUT2D eigenvalue weighted by molar-refractivity contribution is 7.99. The van der Waals surface area contributed by atoms with Gasteiger partial charge in [0.1, 0.15) is 5.56 Å². The van der Waals surface area contributed by atoms with Crippen LogP contribution in [0.25, 0.3) is 4.96 Å². The Morgan fingerprint density at radius 1 is 1.38 bits per heavy atom. The molecule has 0 spiro atoms. The Morgan fingerprint density at radius 3 is 2.88 bits per heavy atom. The molecule has 3 rings (SSSR count). The summed E-state index contributed by atoms with van der Waals surface area (Å²) < 4.78 is 1.46. The number of carbonyl (C=O) groups is 1. The third-order valence-electron chi connectivity index (χ3n) is 3.33. The van der Waals surface area contributed by atoms with E-state index in [-0.39, 0.29) is 11.1 Å². The molecule has 1 aromatic carbocycles. The second-order valence-corrected chi connectivity index (χ2v) is 7.47. The van der Waals surface area contributed by atoms with Crippen molar-refractivity contribution in [3.8, 4) is 0 Å². The minimum absolute atomic E-state index is 0.0606. The second-order valence-electron chi connectivity index (χ2n) is 5.03. The average molecular weight is 380 g/mol. The maximum Gasteiger partial charge on any atom is 0.271 e. The van der Waals surface area contributed by atoms with Crippen LogP contribution in [0.15, 0.2) is 45.5 Å². The molecule has 1 amide bonds. The number of thiazole rings is 1. The van der Waals surface area contributed by atoms with E-state index in [1.807, 2.05) is 36.6 Å². The fraction of sp³-hybridized carbons (Fsp3) is 0.188. The number of hydrogen-bond donors (Lipinski definition) is 1. The van der Waals surface area contributed by atoms with E-state index in [4.69, 9.17) is 11.6 Å². The number of nitrogens with one attached hydrogen (secondary N) is 1. The molecule has 0 bridgehead atoms. The molecule has 3 aromatic rings. The molecule has 0 radical (unpaired) electrons. The summed E-state index contributed by atoms with van der Waals surface area (Å²) in [5.74, 6) is 0.297. The quantitative estimate of drug-likeness (QED) is 0.546. The van der Waals surface area contributed by atoms with Gasteiger partial charge in [0.2, 0.25) is 0 Å². The molecule has 0 saturated carbocycles. The summed E-state index contributed by atoms with van der Waals surface area (Å²) in [6, 6.07) is 7.51. The highest BCUT2D eigenvalue weighted by Crippen LogP contribution is 2.19. The number of carbonyl (C=O) groups excluding carboxylic acids is 1. The number of rotatable bonds is 5. The summed E-state index contributed by atoms with van der Waals surface area (Å²) in [7, 11) is 0. The first-order chi connectivity index (χ1) is 11.6. The maximum atomic E-state index is 12.4. The van der Waals surface area contributed by atoms with Gasteiger partial charge in [0.25, 0.3) is 11.5 Å². The Labute approximate surface area is 151 Å². The molecule has 24 heavy (non-hydrogen) atoms. The Bertz CT molecular complexity index is 935. The first kappa shape index (κ1) is 17.0. The van der Waals surface area contributed by atoms with Crippen molar-refractivity contribution in [2.45, 2.75) is 11.8 Å². The summed E-state index contributed by atoms with van der Waals surface area (Å²) in [5, 5.41) is 5.30. The largest absolute Gasteiger partial charge is 0.351 e. The molecule has 1 N–H and O–H groups in total. The molecule has 2 aromatic heterocycles. The van der Waals surface area contributed by atoms with Crippen molar-refractivity contribution < 1.29 is 4.79 Å². The summed E-state index contributed by atoms with van der Waals surface area (Å²) in [5.41, 5.74) is 0.507. The molecule has 0 aliphatic carbocycles. The lowest BCUT2D eigenvalue weighted by Crippen LogP contribution is -2.32. The summed E-state index contributed by atoms with van der Waals surface area (Å²) in [4.78, 5) is 30.4. The molecule has 0 atom stereocenters. The van der Waals surface area contributed by atoms with Crippen molar-refractivity contribution in [1.82, 2.24) is 14.7 Å². The van der Waals surface area contributed by atoms with Gasteiger partial charge < -0.3 is 5.32 Å². The summed E-state index contributed by atoms with van der Waals surface area (Å²) >= 11 is 8.82. The number of benzene rings is 1. The van der Waals surface area contributed by atoms with E-state index in [0.717, 1.165) is 10.6 Å². The molecule has 8 heteroatoms. The van der Waals surface area contributed by atoms with Gasteiger partial charge in [-0.3, -0.25) is 14.0 Å². The zero-order valence-electron chi connectivity index (χ0n) is 12.8. The number of hydrogen-bond acceptors (Lipinski definition) is 5. The lowest BCUT2D eigenvalue weighted by atomic mass is 10.3. The molecular formula is C16H14ClN3O2S2. The van der Waals surface area contributed by atoms with E-state index < -0.39 is 5.91 Å². The standard InChI is InChI=1S/C16H14ClN3O2S2/c1-10-9-24-16-19-8-13(15(22)20(10)16)14(21)18-6-7-23-12-4-2-11(17)3-5-12/h2-5,8-9H,6-7H2,1H3,(H,18,21). The molecule has 0 fully saturated rings. The topological polar surface area (TPSA) is 63.5 Å². The van der Waals surface area contributed by atoms with Crippen molar-refractivity contribution >= 4 is 45.6 Å². The van der Waals surface area contributed by atoms with Crippen LogP contribution in [0, 0.1) is 6.92 Å². The highest BCUT2D eigenvalue weighted by Gasteiger charge is 2.14. The van der Waals surface area contributed by atoms with Crippen LogP contribution in [0.4, 0.5) is 0 Å². The molecule has 0 saturated heterocycles. The van der Waals surface area contributed by atoms with E-state index in [1.54, 1.807) is 11.8 Å². The fourth-order valence-corrected chi connectivity index (χ4v) is 3.86. The number of thioether (sulfide) groups is 1. The van der Waals surface area contributed by atoms with E-state index in [1.165, 1.54) is 21.9 Å². The van der Waals surface area contributed by atoms with Crippen molar-refractivity contribution in [2.24, 2.45) is 0 Å². The average Bonchev–Trinajstić information content (AvgIpc) is 2.95. The monoisotopic (exact) mass is 379 g/mol. The predicted molar refractivity (Wildman–Crippen MR) is 98.6 cm³/mol. The number of halogens is 1. The van der Waals surface area contributed by atoms with Gasteiger partial charge in [-0.25, -0.2) is 4.98 Å². The van der Waals surface area contributed by atoms with Gasteiger partial charge in [-0.1, -0.05) is 11.6 Å². The zero-order valence-corrected chi connectivity index (χ0v) is 15.2.